The smallest absolute Gasteiger partial charge is 0.0490 e. The molecule has 2 aliphatic heterocycles. The Morgan fingerprint density at radius 3 is 2.22 bits per heavy atom. The number of piperidine rings is 1. The third-order valence-electron chi connectivity index (χ3n) is 2.22. The standard InChI is InChI=1S/C6H10ClN.FH/c7-5-2-1-4-3-6(5)8-4;/h4-6,8H,1-3H2;1H. The summed E-state index contributed by atoms with van der Waals surface area (Å²) in [6.07, 6.45) is 3.85. The summed E-state index contributed by atoms with van der Waals surface area (Å²) in [5.74, 6) is 0. The summed E-state index contributed by atoms with van der Waals surface area (Å²) in [6.45, 7) is 0. The minimum atomic E-state index is 0. The van der Waals surface area contributed by atoms with Gasteiger partial charge in [-0.15, -0.1) is 11.6 Å². The Labute approximate surface area is 59.1 Å². The van der Waals surface area contributed by atoms with Gasteiger partial charge in [0.1, 0.15) is 0 Å². The van der Waals surface area contributed by atoms with Gasteiger partial charge in [0, 0.05) is 17.5 Å². The first kappa shape index (κ1) is 7.29. The van der Waals surface area contributed by atoms with Gasteiger partial charge in [0.15, 0.2) is 0 Å². The topological polar surface area (TPSA) is 12.0 Å². The molecule has 3 heteroatoms. The molecule has 0 spiro atoms. The number of hydrogen-bond acceptors (Lipinski definition) is 1. The van der Waals surface area contributed by atoms with Crippen LogP contribution < -0.4 is 5.32 Å². The lowest BCUT2D eigenvalue weighted by Gasteiger charge is -2.45. The number of hydrogen-bond donors (Lipinski definition) is 1. The summed E-state index contributed by atoms with van der Waals surface area (Å²) in [5.41, 5.74) is 0. The molecule has 9 heavy (non-hydrogen) atoms. The van der Waals surface area contributed by atoms with Gasteiger partial charge >= 0.3 is 0 Å². The highest BCUT2D eigenvalue weighted by Gasteiger charge is 2.37. The van der Waals surface area contributed by atoms with Crippen molar-refractivity contribution < 1.29 is 4.70 Å². The predicted octanol–water partition coefficient (Wildman–Crippen LogP) is 1.27. The number of halogens is 2. The second-order valence-corrected chi connectivity index (χ2v) is 3.36. The first-order chi connectivity index (χ1) is 3.86. The zero-order valence-electron chi connectivity index (χ0n) is 5.14. The maximum Gasteiger partial charge on any atom is 0.0490 e. The van der Waals surface area contributed by atoms with Crippen molar-refractivity contribution in [3.8, 4) is 0 Å². The van der Waals surface area contributed by atoms with E-state index in [0.29, 0.717) is 11.4 Å². The van der Waals surface area contributed by atoms with Crippen LogP contribution in [0.15, 0.2) is 0 Å². The SMILES string of the molecule is ClC1CCC2CC1N2.F. The van der Waals surface area contributed by atoms with Crippen LogP contribution in [-0.2, 0) is 0 Å². The van der Waals surface area contributed by atoms with Crippen LogP contribution in [0.5, 0.6) is 0 Å². The van der Waals surface area contributed by atoms with Crippen LogP contribution in [0.3, 0.4) is 0 Å². The molecule has 3 rings (SSSR count). The first-order valence-electron chi connectivity index (χ1n) is 3.26. The minimum absolute atomic E-state index is 0. The zero-order valence-corrected chi connectivity index (χ0v) is 5.90. The summed E-state index contributed by atoms with van der Waals surface area (Å²) < 4.78 is 0. The fraction of sp³-hybridized carbons (Fsp3) is 1.00. The average molecular weight is 152 g/mol. The van der Waals surface area contributed by atoms with Crippen molar-refractivity contribution in [2.75, 3.05) is 0 Å². The molecule has 3 fully saturated rings. The fourth-order valence-electron chi connectivity index (χ4n) is 1.60. The summed E-state index contributed by atoms with van der Waals surface area (Å²) in [7, 11) is 0. The summed E-state index contributed by atoms with van der Waals surface area (Å²) in [6, 6.07) is 1.49. The largest absolute Gasteiger partial charge is 0.310 e. The van der Waals surface area contributed by atoms with E-state index in [1.165, 1.54) is 19.3 Å². The van der Waals surface area contributed by atoms with Gasteiger partial charge in [0.05, 0.1) is 0 Å². The Morgan fingerprint density at radius 1 is 1.33 bits per heavy atom. The van der Waals surface area contributed by atoms with E-state index >= 15 is 0 Å². The summed E-state index contributed by atoms with van der Waals surface area (Å²) >= 11 is 5.94. The quantitative estimate of drug-likeness (QED) is 0.515. The van der Waals surface area contributed by atoms with Crippen molar-refractivity contribution in [2.45, 2.75) is 36.7 Å². The van der Waals surface area contributed by atoms with E-state index in [-0.39, 0.29) is 4.70 Å². The van der Waals surface area contributed by atoms with Crippen molar-refractivity contribution in [1.82, 2.24) is 5.32 Å². The van der Waals surface area contributed by atoms with Crippen LogP contribution >= 0.6 is 11.6 Å². The van der Waals surface area contributed by atoms with Gasteiger partial charge in [-0.2, -0.15) is 0 Å². The van der Waals surface area contributed by atoms with Gasteiger partial charge in [-0.25, -0.2) is 0 Å². The van der Waals surface area contributed by atoms with Crippen LogP contribution in [-0.4, -0.2) is 17.5 Å². The van der Waals surface area contributed by atoms with Crippen molar-refractivity contribution in [1.29, 1.82) is 0 Å². The van der Waals surface area contributed by atoms with Crippen molar-refractivity contribution in [3.63, 3.8) is 0 Å². The second-order valence-electron chi connectivity index (χ2n) is 2.80. The fourth-order valence-corrected chi connectivity index (χ4v) is 1.90. The van der Waals surface area contributed by atoms with Crippen LogP contribution in [0, 0.1) is 0 Å². The van der Waals surface area contributed by atoms with E-state index in [9.17, 15) is 0 Å². The number of nitrogens with one attached hydrogen (secondary N) is 1. The van der Waals surface area contributed by atoms with E-state index in [2.05, 4.69) is 5.32 Å². The van der Waals surface area contributed by atoms with Crippen LogP contribution in [0.4, 0.5) is 4.70 Å². The number of fused-ring (bicyclic) bond motifs is 2. The third kappa shape index (κ3) is 1.06. The number of alkyl halides is 1. The maximum atomic E-state index is 5.94. The molecule has 1 N–H and O–H groups in total. The van der Waals surface area contributed by atoms with Crippen molar-refractivity contribution >= 4 is 11.6 Å². The molecule has 2 saturated heterocycles. The van der Waals surface area contributed by atoms with E-state index in [0.717, 1.165) is 6.04 Å². The van der Waals surface area contributed by atoms with Crippen molar-refractivity contribution in [2.24, 2.45) is 0 Å². The Balaban J connectivity index is 0.000000405. The molecule has 3 atom stereocenters. The predicted molar refractivity (Wildman–Crippen MR) is 36.7 cm³/mol. The molecule has 0 aromatic rings. The monoisotopic (exact) mass is 151 g/mol. The lowest BCUT2D eigenvalue weighted by Crippen LogP contribution is -2.60. The third-order valence-corrected chi connectivity index (χ3v) is 2.74. The Bertz CT molecular complexity index is 97.7. The van der Waals surface area contributed by atoms with E-state index < -0.39 is 0 Å². The van der Waals surface area contributed by atoms with Crippen LogP contribution in [0.1, 0.15) is 19.3 Å². The lowest BCUT2D eigenvalue weighted by atomic mass is 9.82. The molecule has 2 heterocycles. The van der Waals surface area contributed by atoms with Gasteiger partial charge in [-0.1, -0.05) is 0 Å². The van der Waals surface area contributed by atoms with Crippen LogP contribution in [0.25, 0.3) is 0 Å². The van der Waals surface area contributed by atoms with Crippen molar-refractivity contribution in [3.05, 3.63) is 0 Å². The molecule has 1 nitrogen and oxygen atoms in total. The summed E-state index contributed by atoms with van der Waals surface area (Å²) in [5, 5.41) is 3.83. The average Bonchev–Trinajstić information content (AvgIpc) is 1.62. The minimum Gasteiger partial charge on any atom is -0.310 e. The van der Waals surface area contributed by atoms with Gasteiger partial charge in [-0.3, -0.25) is 4.70 Å². The van der Waals surface area contributed by atoms with Gasteiger partial charge in [0.2, 0.25) is 0 Å². The Morgan fingerprint density at radius 2 is 2.00 bits per heavy atom. The molecule has 1 saturated carbocycles. The molecule has 3 aliphatic rings. The highest BCUT2D eigenvalue weighted by Crippen LogP contribution is 2.31. The molecule has 54 valence electrons. The molecular formula is C6H11ClFN. The second kappa shape index (κ2) is 2.43. The highest BCUT2D eigenvalue weighted by molar-refractivity contribution is 6.21. The van der Waals surface area contributed by atoms with E-state index in [4.69, 9.17) is 11.6 Å². The lowest BCUT2D eigenvalue weighted by molar-refractivity contribution is 0.187. The van der Waals surface area contributed by atoms with Gasteiger partial charge in [-0.05, 0) is 19.3 Å². The molecular weight excluding hydrogens is 141 g/mol. The first-order valence-corrected chi connectivity index (χ1v) is 3.70. The molecule has 1 aliphatic carbocycles. The molecule has 0 amide bonds. The molecule has 0 aromatic heterocycles. The molecule has 0 radical (unpaired) electrons. The van der Waals surface area contributed by atoms with Gasteiger partial charge in [0.25, 0.3) is 0 Å². The molecule has 3 unspecified atom stereocenters. The van der Waals surface area contributed by atoms with Gasteiger partial charge < -0.3 is 5.32 Å². The normalized spacial score (nSPS) is 47.0. The zero-order chi connectivity index (χ0) is 5.56. The molecule has 2 bridgehead atoms. The maximum absolute atomic E-state index is 5.94. The van der Waals surface area contributed by atoms with E-state index in [1.54, 1.807) is 0 Å². The Kier molecular flexibility index (Phi) is 1.97. The van der Waals surface area contributed by atoms with Crippen LogP contribution in [0.2, 0.25) is 0 Å². The summed E-state index contributed by atoms with van der Waals surface area (Å²) in [4.78, 5) is 0. The molecule has 0 aromatic carbocycles. The van der Waals surface area contributed by atoms with E-state index in [1.807, 2.05) is 0 Å². The highest BCUT2D eigenvalue weighted by atomic mass is 35.5. The Hall–Kier alpha value is 0.180. The number of rotatable bonds is 0.